The Morgan fingerprint density at radius 3 is 3.06 bits per heavy atom. The van der Waals surface area contributed by atoms with Crippen LogP contribution in [0.3, 0.4) is 0 Å². The summed E-state index contributed by atoms with van der Waals surface area (Å²) in [5.41, 5.74) is 9.43. The zero-order valence-electron chi connectivity index (χ0n) is 8.35. The lowest BCUT2D eigenvalue weighted by atomic mass is 10.1. The second kappa shape index (κ2) is 4.60. The molecule has 2 aromatic rings. The molecule has 0 aliphatic rings. The number of nitro benzene ring substituents is 1. The first-order valence-electron chi connectivity index (χ1n) is 4.46. The fourth-order valence-electron chi connectivity index (χ4n) is 1.26. The number of hydrogen-bond acceptors (Lipinski definition) is 5. The highest BCUT2D eigenvalue weighted by atomic mass is 32.1. The monoisotopic (exact) mass is 247 g/mol. The van der Waals surface area contributed by atoms with Gasteiger partial charge in [0.25, 0.3) is 5.69 Å². The molecular formula is C9H5N5O2S. The van der Waals surface area contributed by atoms with Crippen molar-refractivity contribution in [1.29, 1.82) is 0 Å². The number of non-ortho nitro benzene ring substituents is 1. The van der Waals surface area contributed by atoms with Crippen LogP contribution in [0.15, 0.2) is 34.8 Å². The fraction of sp³-hybridized carbons (Fsp3) is 0. The van der Waals surface area contributed by atoms with Gasteiger partial charge < -0.3 is 0 Å². The normalized spacial score (nSPS) is 9.65. The summed E-state index contributed by atoms with van der Waals surface area (Å²) < 4.78 is 0. The molecule has 7 nitrogen and oxygen atoms in total. The summed E-state index contributed by atoms with van der Waals surface area (Å²) >= 11 is 1.18. The van der Waals surface area contributed by atoms with E-state index >= 15 is 0 Å². The van der Waals surface area contributed by atoms with Gasteiger partial charge in [-0.05, 0) is 10.6 Å². The van der Waals surface area contributed by atoms with Crippen molar-refractivity contribution in [3.63, 3.8) is 0 Å². The third kappa shape index (κ3) is 2.39. The topological polar surface area (TPSA) is 105 Å². The van der Waals surface area contributed by atoms with Gasteiger partial charge in [0, 0.05) is 28.0 Å². The number of benzene rings is 1. The van der Waals surface area contributed by atoms with Gasteiger partial charge in [0.1, 0.15) is 0 Å². The van der Waals surface area contributed by atoms with E-state index in [1.165, 1.54) is 23.5 Å². The molecule has 1 heterocycles. The van der Waals surface area contributed by atoms with Crippen molar-refractivity contribution < 1.29 is 4.92 Å². The second-order valence-corrected chi connectivity index (χ2v) is 3.85. The number of nitro groups is 1. The Hall–Kier alpha value is -2.44. The molecule has 0 aliphatic carbocycles. The first kappa shape index (κ1) is 11.1. The number of thiazole rings is 1. The summed E-state index contributed by atoms with van der Waals surface area (Å²) in [4.78, 5) is 16.8. The maximum absolute atomic E-state index is 10.6. The van der Waals surface area contributed by atoms with Crippen LogP contribution in [0.5, 0.6) is 0 Å². The third-order valence-electron chi connectivity index (χ3n) is 1.98. The molecule has 0 saturated carbocycles. The van der Waals surface area contributed by atoms with Crippen molar-refractivity contribution in [2.45, 2.75) is 0 Å². The maximum Gasteiger partial charge on any atom is 0.270 e. The lowest BCUT2D eigenvalue weighted by molar-refractivity contribution is -0.384. The molecule has 0 saturated heterocycles. The van der Waals surface area contributed by atoms with E-state index in [4.69, 9.17) is 5.53 Å². The molecule has 84 valence electrons. The molecular weight excluding hydrogens is 242 g/mol. The van der Waals surface area contributed by atoms with Crippen molar-refractivity contribution >= 4 is 22.2 Å². The molecule has 0 bridgehead atoms. The Morgan fingerprint density at radius 1 is 1.53 bits per heavy atom. The molecule has 0 fully saturated rings. The number of rotatable bonds is 3. The van der Waals surface area contributed by atoms with Crippen LogP contribution in [-0.2, 0) is 0 Å². The maximum atomic E-state index is 10.6. The largest absolute Gasteiger partial charge is 0.270 e. The van der Waals surface area contributed by atoms with Gasteiger partial charge in [-0.25, -0.2) is 4.98 Å². The standard InChI is InChI=1S/C9H5N5O2S/c10-13-12-9-11-8(5-17-9)6-2-1-3-7(4-6)14(15)16/h1-5H. The van der Waals surface area contributed by atoms with Gasteiger partial charge in [0.05, 0.1) is 10.6 Å². The van der Waals surface area contributed by atoms with Crippen LogP contribution < -0.4 is 0 Å². The van der Waals surface area contributed by atoms with E-state index in [0.717, 1.165) is 0 Å². The smallest absolute Gasteiger partial charge is 0.258 e. The average molecular weight is 247 g/mol. The molecule has 0 unspecified atom stereocenters. The number of azide groups is 1. The number of aromatic nitrogens is 1. The Labute approximate surface area is 99.1 Å². The molecule has 0 radical (unpaired) electrons. The summed E-state index contributed by atoms with van der Waals surface area (Å²) in [6, 6.07) is 6.13. The van der Waals surface area contributed by atoms with Crippen LogP contribution in [0, 0.1) is 10.1 Å². The van der Waals surface area contributed by atoms with Gasteiger partial charge >= 0.3 is 0 Å². The van der Waals surface area contributed by atoms with E-state index in [2.05, 4.69) is 15.0 Å². The van der Waals surface area contributed by atoms with Gasteiger partial charge in [-0.15, -0.1) is 11.3 Å². The first-order chi connectivity index (χ1) is 8.20. The van der Waals surface area contributed by atoms with Crippen LogP contribution in [0.1, 0.15) is 0 Å². The molecule has 0 spiro atoms. The number of hydrogen-bond donors (Lipinski definition) is 0. The minimum absolute atomic E-state index is 0.000773. The predicted molar refractivity (Wildman–Crippen MR) is 63.0 cm³/mol. The molecule has 17 heavy (non-hydrogen) atoms. The summed E-state index contributed by atoms with van der Waals surface area (Å²) in [5.74, 6) is 0. The van der Waals surface area contributed by atoms with E-state index in [1.54, 1.807) is 17.5 Å². The molecule has 8 heteroatoms. The Morgan fingerprint density at radius 2 is 2.35 bits per heavy atom. The van der Waals surface area contributed by atoms with Crippen LogP contribution >= 0.6 is 11.3 Å². The Balaban J connectivity index is 2.41. The van der Waals surface area contributed by atoms with Crippen molar-refractivity contribution in [2.75, 3.05) is 0 Å². The van der Waals surface area contributed by atoms with E-state index in [0.29, 0.717) is 11.3 Å². The SMILES string of the molecule is [N-]=[N+]=Nc1nc(-c2cccc([N+](=O)[O-])c2)cs1. The predicted octanol–water partition coefficient (Wildman–Crippen LogP) is 3.66. The van der Waals surface area contributed by atoms with Crippen molar-refractivity contribution in [2.24, 2.45) is 5.11 Å². The molecule has 1 aromatic carbocycles. The van der Waals surface area contributed by atoms with Gasteiger partial charge in [-0.1, -0.05) is 12.1 Å². The van der Waals surface area contributed by atoms with Crippen molar-refractivity contribution in [3.8, 4) is 11.3 Å². The van der Waals surface area contributed by atoms with Crippen molar-refractivity contribution in [1.82, 2.24) is 4.98 Å². The molecule has 0 atom stereocenters. The van der Waals surface area contributed by atoms with Crippen LogP contribution in [0.4, 0.5) is 10.8 Å². The Bertz CT molecular complexity index is 617. The quantitative estimate of drug-likeness (QED) is 0.271. The van der Waals surface area contributed by atoms with E-state index in [9.17, 15) is 10.1 Å². The summed E-state index contributed by atoms with van der Waals surface area (Å²) in [5, 5.41) is 15.9. The second-order valence-electron chi connectivity index (χ2n) is 3.01. The fourth-order valence-corrected chi connectivity index (χ4v) is 1.90. The lowest BCUT2D eigenvalue weighted by Crippen LogP contribution is -1.87. The highest BCUT2D eigenvalue weighted by Gasteiger charge is 2.09. The lowest BCUT2D eigenvalue weighted by Gasteiger charge is -1.95. The molecule has 0 N–H and O–H groups in total. The number of nitrogens with zero attached hydrogens (tertiary/aromatic N) is 5. The van der Waals surface area contributed by atoms with E-state index in [1.807, 2.05) is 0 Å². The zero-order chi connectivity index (χ0) is 12.3. The highest BCUT2D eigenvalue weighted by molar-refractivity contribution is 7.13. The van der Waals surface area contributed by atoms with E-state index < -0.39 is 4.92 Å². The van der Waals surface area contributed by atoms with Crippen LogP contribution in [-0.4, -0.2) is 9.91 Å². The Kier molecular flexibility index (Phi) is 2.99. The van der Waals surface area contributed by atoms with E-state index in [-0.39, 0.29) is 10.8 Å². The van der Waals surface area contributed by atoms with Crippen LogP contribution in [0.2, 0.25) is 0 Å². The minimum Gasteiger partial charge on any atom is -0.258 e. The van der Waals surface area contributed by atoms with Crippen molar-refractivity contribution in [3.05, 3.63) is 50.2 Å². The third-order valence-corrected chi connectivity index (χ3v) is 2.70. The highest BCUT2D eigenvalue weighted by Crippen LogP contribution is 2.28. The molecule has 0 amide bonds. The minimum atomic E-state index is -0.468. The molecule has 1 aromatic heterocycles. The average Bonchev–Trinajstić information content (AvgIpc) is 2.78. The summed E-state index contributed by atoms with van der Waals surface area (Å²) in [6.07, 6.45) is 0. The summed E-state index contributed by atoms with van der Waals surface area (Å²) in [7, 11) is 0. The zero-order valence-corrected chi connectivity index (χ0v) is 9.16. The van der Waals surface area contributed by atoms with Gasteiger partial charge in [0.2, 0.25) is 0 Å². The molecule has 0 aliphatic heterocycles. The van der Waals surface area contributed by atoms with Crippen LogP contribution in [0.25, 0.3) is 21.7 Å². The molecule has 2 rings (SSSR count). The van der Waals surface area contributed by atoms with Gasteiger partial charge in [-0.3, -0.25) is 10.1 Å². The summed E-state index contributed by atoms with van der Waals surface area (Å²) in [6.45, 7) is 0. The first-order valence-corrected chi connectivity index (χ1v) is 5.34. The van der Waals surface area contributed by atoms with Gasteiger partial charge in [-0.2, -0.15) is 0 Å². The van der Waals surface area contributed by atoms with Gasteiger partial charge in [0.15, 0.2) is 5.13 Å².